The van der Waals surface area contributed by atoms with Crippen LogP contribution in [0, 0.1) is 5.92 Å². The van der Waals surface area contributed by atoms with Crippen LogP contribution in [-0.2, 0) is 14.3 Å². The molecule has 1 fully saturated rings. The molecule has 5 rings (SSSR count). The Balaban J connectivity index is 1.65. The van der Waals surface area contributed by atoms with Gasteiger partial charge in [0, 0.05) is 6.20 Å². The van der Waals surface area contributed by atoms with Crippen LogP contribution in [-0.4, -0.2) is 36.1 Å². The summed E-state index contributed by atoms with van der Waals surface area (Å²) in [4.78, 5) is 32.7. The molecular formula is C23H21FN2O4. The molecule has 0 radical (unpaired) electrons. The molecule has 2 aromatic rings. The first-order valence-electron chi connectivity index (χ1n) is 10.1. The average molecular weight is 408 g/mol. The van der Waals surface area contributed by atoms with E-state index in [0.717, 1.165) is 0 Å². The van der Waals surface area contributed by atoms with Crippen molar-refractivity contribution in [2.45, 2.75) is 37.6 Å². The number of pyridine rings is 1. The summed E-state index contributed by atoms with van der Waals surface area (Å²) in [5, 5.41) is 0. The van der Waals surface area contributed by atoms with Crippen LogP contribution in [0.1, 0.15) is 30.9 Å². The first-order chi connectivity index (χ1) is 14.6. The molecule has 0 spiro atoms. The third kappa shape index (κ3) is 2.88. The van der Waals surface area contributed by atoms with Crippen molar-refractivity contribution in [1.82, 2.24) is 4.98 Å². The van der Waals surface area contributed by atoms with E-state index in [1.807, 2.05) is 12.1 Å². The lowest BCUT2D eigenvalue weighted by molar-refractivity contribution is -0.133. The van der Waals surface area contributed by atoms with E-state index in [4.69, 9.17) is 9.47 Å². The van der Waals surface area contributed by atoms with Gasteiger partial charge in [0.2, 0.25) is 0 Å². The van der Waals surface area contributed by atoms with E-state index in [1.54, 1.807) is 43.6 Å². The van der Waals surface area contributed by atoms with Crippen LogP contribution >= 0.6 is 0 Å². The number of Topliss-reactive ketones (excluding diaryl/α,β-unsaturated/α-hetero) is 1. The molecule has 2 aliphatic heterocycles. The summed E-state index contributed by atoms with van der Waals surface area (Å²) in [5.41, 5.74) is 0.996. The van der Waals surface area contributed by atoms with Crippen LogP contribution in [0.15, 0.2) is 60.0 Å². The monoisotopic (exact) mass is 408 g/mol. The van der Waals surface area contributed by atoms with E-state index in [9.17, 15) is 14.0 Å². The number of carbonyl (C=O) groups excluding carboxylic acids is 2. The second-order valence-corrected chi connectivity index (χ2v) is 7.82. The SMILES string of the molecule is COc1cccc(C2C3=C(OC4CCC(F)CC4C3=O)C(=O)N2c2ccccn2)c1. The van der Waals surface area contributed by atoms with Crippen molar-refractivity contribution in [3.05, 3.63) is 65.6 Å². The minimum Gasteiger partial charge on any atom is -0.497 e. The van der Waals surface area contributed by atoms with Gasteiger partial charge in [-0.15, -0.1) is 0 Å². The number of ketones is 1. The Kier molecular flexibility index (Phi) is 4.53. The molecule has 30 heavy (non-hydrogen) atoms. The number of alkyl halides is 1. The molecule has 154 valence electrons. The topological polar surface area (TPSA) is 68.7 Å². The van der Waals surface area contributed by atoms with Gasteiger partial charge in [-0.2, -0.15) is 0 Å². The number of hydrogen-bond acceptors (Lipinski definition) is 5. The number of hydrogen-bond donors (Lipinski definition) is 0. The lowest BCUT2D eigenvalue weighted by atomic mass is 9.77. The predicted octanol–water partition coefficient (Wildman–Crippen LogP) is 3.54. The summed E-state index contributed by atoms with van der Waals surface area (Å²) in [6, 6.07) is 11.8. The summed E-state index contributed by atoms with van der Waals surface area (Å²) in [7, 11) is 1.56. The molecule has 4 atom stereocenters. The zero-order valence-corrected chi connectivity index (χ0v) is 16.5. The highest BCUT2D eigenvalue weighted by molar-refractivity contribution is 6.17. The van der Waals surface area contributed by atoms with Crippen LogP contribution in [0.3, 0.4) is 0 Å². The van der Waals surface area contributed by atoms with E-state index in [-0.39, 0.29) is 23.5 Å². The number of rotatable bonds is 3. The van der Waals surface area contributed by atoms with E-state index < -0.39 is 30.1 Å². The third-order valence-electron chi connectivity index (χ3n) is 6.09. The first kappa shape index (κ1) is 18.8. The average Bonchev–Trinajstić information content (AvgIpc) is 3.07. The van der Waals surface area contributed by atoms with E-state index >= 15 is 0 Å². The normalized spacial score (nSPS) is 28.1. The van der Waals surface area contributed by atoms with Crippen LogP contribution in [0.5, 0.6) is 5.75 Å². The van der Waals surface area contributed by atoms with Gasteiger partial charge >= 0.3 is 0 Å². The van der Waals surface area contributed by atoms with Gasteiger partial charge in [0.15, 0.2) is 11.5 Å². The Labute approximate surface area is 173 Å². The second kappa shape index (κ2) is 7.23. The van der Waals surface area contributed by atoms with Crippen LogP contribution in [0.4, 0.5) is 10.2 Å². The second-order valence-electron chi connectivity index (χ2n) is 7.82. The third-order valence-corrected chi connectivity index (χ3v) is 6.09. The lowest BCUT2D eigenvalue weighted by Crippen LogP contribution is -2.42. The highest BCUT2D eigenvalue weighted by atomic mass is 19.1. The molecule has 0 N–H and O–H groups in total. The Hall–Kier alpha value is -3.22. The van der Waals surface area contributed by atoms with Gasteiger partial charge in [-0.25, -0.2) is 9.37 Å². The fraction of sp³-hybridized carbons (Fsp3) is 0.348. The van der Waals surface area contributed by atoms with Crippen molar-refractivity contribution >= 4 is 17.5 Å². The number of carbonyl (C=O) groups is 2. The van der Waals surface area contributed by atoms with Gasteiger partial charge < -0.3 is 9.47 Å². The number of fused-ring (bicyclic) bond motifs is 1. The molecule has 0 saturated heterocycles. The molecule has 1 aliphatic carbocycles. The quantitative estimate of drug-likeness (QED) is 0.777. The molecule has 4 unspecified atom stereocenters. The fourth-order valence-corrected chi connectivity index (χ4v) is 4.68. The number of methoxy groups -OCH3 is 1. The van der Waals surface area contributed by atoms with Gasteiger partial charge in [0.05, 0.1) is 24.6 Å². The number of halogens is 1. The Morgan fingerprint density at radius 2 is 2.03 bits per heavy atom. The molecule has 1 aromatic carbocycles. The molecule has 1 saturated carbocycles. The standard InChI is InChI=1S/C23H21FN2O4/c1-29-15-6-4-5-13(11-15)20-19-21(27)16-12-14(24)8-9-17(16)30-22(19)23(28)26(20)18-7-2-3-10-25-18/h2-7,10-11,14,16-17,20H,8-9,12H2,1H3. The lowest BCUT2D eigenvalue weighted by Gasteiger charge is -2.36. The van der Waals surface area contributed by atoms with Gasteiger partial charge in [-0.1, -0.05) is 18.2 Å². The number of aromatic nitrogens is 1. The van der Waals surface area contributed by atoms with Crippen LogP contribution in [0.2, 0.25) is 0 Å². The maximum absolute atomic E-state index is 14.1. The molecule has 3 aliphatic rings. The number of ether oxygens (including phenoxy) is 2. The zero-order chi connectivity index (χ0) is 20.8. The maximum atomic E-state index is 14.1. The molecule has 7 heteroatoms. The number of amides is 1. The summed E-state index contributed by atoms with van der Waals surface area (Å²) < 4.78 is 25.5. The van der Waals surface area contributed by atoms with Crippen molar-refractivity contribution in [3.8, 4) is 5.75 Å². The van der Waals surface area contributed by atoms with Gasteiger partial charge in [0.25, 0.3) is 5.91 Å². The molecule has 0 bridgehead atoms. The first-order valence-corrected chi connectivity index (χ1v) is 10.1. The molecule has 1 aromatic heterocycles. The van der Waals surface area contributed by atoms with Gasteiger partial charge in [-0.3, -0.25) is 14.5 Å². The van der Waals surface area contributed by atoms with Gasteiger partial charge in [0.1, 0.15) is 23.8 Å². The number of nitrogens with zero attached hydrogens (tertiary/aromatic N) is 2. The summed E-state index contributed by atoms with van der Waals surface area (Å²) in [6.45, 7) is 0. The summed E-state index contributed by atoms with van der Waals surface area (Å²) >= 11 is 0. The van der Waals surface area contributed by atoms with Gasteiger partial charge in [-0.05, 0) is 49.1 Å². The zero-order valence-electron chi connectivity index (χ0n) is 16.5. The Bertz CT molecular complexity index is 1040. The largest absolute Gasteiger partial charge is 0.497 e. The molecule has 1 amide bonds. The summed E-state index contributed by atoms with van der Waals surface area (Å²) in [5.74, 6) is -0.0750. The highest BCUT2D eigenvalue weighted by Crippen LogP contribution is 2.48. The molecule has 6 nitrogen and oxygen atoms in total. The van der Waals surface area contributed by atoms with Crippen molar-refractivity contribution in [3.63, 3.8) is 0 Å². The molecule has 3 heterocycles. The maximum Gasteiger partial charge on any atom is 0.295 e. The highest BCUT2D eigenvalue weighted by Gasteiger charge is 2.53. The Morgan fingerprint density at radius 1 is 1.17 bits per heavy atom. The van der Waals surface area contributed by atoms with Crippen molar-refractivity contribution in [2.24, 2.45) is 5.92 Å². The van der Waals surface area contributed by atoms with Crippen LogP contribution in [0.25, 0.3) is 0 Å². The number of benzene rings is 1. The van der Waals surface area contributed by atoms with Crippen LogP contribution < -0.4 is 9.64 Å². The predicted molar refractivity (Wildman–Crippen MR) is 107 cm³/mol. The van der Waals surface area contributed by atoms with E-state index in [1.165, 1.54) is 4.90 Å². The minimum absolute atomic E-state index is 0.0667. The fourth-order valence-electron chi connectivity index (χ4n) is 4.68. The van der Waals surface area contributed by atoms with Crippen molar-refractivity contribution < 1.29 is 23.5 Å². The van der Waals surface area contributed by atoms with Crippen molar-refractivity contribution in [2.75, 3.05) is 12.0 Å². The minimum atomic E-state index is -1.03. The smallest absolute Gasteiger partial charge is 0.295 e. The summed E-state index contributed by atoms with van der Waals surface area (Å²) in [6.07, 6.45) is 1.01. The van der Waals surface area contributed by atoms with E-state index in [2.05, 4.69) is 4.98 Å². The van der Waals surface area contributed by atoms with E-state index in [0.29, 0.717) is 30.0 Å². The van der Waals surface area contributed by atoms with Crippen molar-refractivity contribution in [1.29, 1.82) is 0 Å². The Morgan fingerprint density at radius 3 is 2.80 bits per heavy atom. The number of anilines is 1. The molecular weight excluding hydrogens is 387 g/mol.